The van der Waals surface area contributed by atoms with Crippen molar-refractivity contribution in [2.75, 3.05) is 9.80 Å². The number of hydrogen-bond acceptors (Lipinski definition) is 2. The molecule has 462 valence electrons. The summed E-state index contributed by atoms with van der Waals surface area (Å²) >= 11 is 0. The van der Waals surface area contributed by atoms with Gasteiger partial charge in [0, 0.05) is 55.7 Å². The monoisotopic (exact) mass is 1250 g/mol. The molecule has 0 aromatic heterocycles. The van der Waals surface area contributed by atoms with Gasteiger partial charge < -0.3 is 9.80 Å². The predicted molar refractivity (Wildman–Crippen MR) is 423 cm³/mol. The van der Waals surface area contributed by atoms with Gasteiger partial charge in [0.25, 0.3) is 0 Å². The van der Waals surface area contributed by atoms with Gasteiger partial charge in [-0.2, -0.15) is 0 Å². The number of aryl methyl sites for hydroxylation is 6. The van der Waals surface area contributed by atoms with E-state index in [4.69, 9.17) is 0 Å². The summed E-state index contributed by atoms with van der Waals surface area (Å²) in [7, 11) is 0. The zero-order valence-electron chi connectivity index (χ0n) is 56.1. The lowest BCUT2D eigenvalue weighted by Crippen LogP contribution is -2.59. The van der Waals surface area contributed by atoms with Crippen LogP contribution in [0.5, 0.6) is 0 Å². The Balaban J connectivity index is 1.09. The number of rotatable bonds is 10. The molecule has 16 aromatic carbocycles. The van der Waals surface area contributed by atoms with Crippen molar-refractivity contribution in [2.24, 2.45) is 0 Å². The van der Waals surface area contributed by atoms with Crippen molar-refractivity contribution >= 4 is 113 Å². The van der Waals surface area contributed by atoms with Gasteiger partial charge in [-0.1, -0.05) is 323 Å². The Morgan fingerprint density at radius 2 is 0.541 bits per heavy atom. The summed E-state index contributed by atoms with van der Waals surface area (Å²) in [5, 5.41) is 7.35. The maximum absolute atomic E-state index is 2.66. The molecule has 98 heavy (non-hydrogen) atoms. The van der Waals surface area contributed by atoms with Gasteiger partial charge in [0.15, 0.2) is 0 Å². The molecular weight excluding hydrogens is 1180 g/mol. The Bertz CT molecular complexity index is 5430. The minimum absolute atomic E-state index is 0.164. The van der Waals surface area contributed by atoms with E-state index in [2.05, 4.69) is 367 Å². The van der Waals surface area contributed by atoms with Crippen molar-refractivity contribution < 1.29 is 0 Å². The van der Waals surface area contributed by atoms with Gasteiger partial charge in [-0.3, -0.25) is 0 Å². The molecule has 0 bridgehead atoms. The normalized spacial score (nSPS) is 12.5. The van der Waals surface area contributed by atoms with Crippen LogP contribution < -0.4 is 42.6 Å². The van der Waals surface area contributed by atoms with Crippen molar-refractivity contribution in [2.45, 2.75) is 41.5 Å². The molecule has 0 fully saturated rings. The molecule has 0 radical (unpaired) electrons. The van der Waals surface area contributed by atoms with Crippen molar-refractivity contribution in [3.63, 3.8) is 0 Å². The number of nitrogens with zero attached hydrogens (tertiary/aromatic N) is 2. The van der Waals surface area contributed by atoms with Gasteiger partial charge in [-0.05, 0) is 177 Å². The van der Waals surface area contributed by atoms with E-state index >= 15 is 0 Å². The fourth-order valence-electron chi connectivity index (χ4n) is 17.7. The summed E-state index contributed by atoms with van der Waals surface area (Å²) in [6.45, 7) is 13.6. The standard InChI is InChI=1S/C94H70B2N2/c1-59-53-61(3)89(62(4)54-59)95-81-45-23-25-47-83(81)97(71-39-27-37-69(57-71)65-29-11-7-12-30-65)93-79-51-50-78-86-80(52-49-77(85(79)86)87(91(93)95)75-43-21-19-41-73(75)67-33-15-9-16-34-67)94-92(88(78)76-44-22-20-42-74(76)68-35-17-10-18-36-68)96(90-63(5)55-60(2)56-64(90)6)82-46-24-26-48-84(82)98(94)72-40-28-38-70(58-72)66-31-13-8-14-32-66/h7-58H,1-6H3. The van der Waals surface area contributed by atoms with Crippen molar-refractivity contribution in [1.29, 1.82) is 0 Å². The molecule has 0 saturated carbocycles. The van der Waals surface area contributed by atoms with Crippen LogP contribution in [0.25, 0.3) is 99.1 Å². The zero-order chi connectivity index (χ0) is 65.9. The molecule has 0 N–H and O–H groups in total. The second-order valence-corrected chi connectivity index (χ2v) is 27.3. The zero-order valence-corrected chi connectivity index (χ0v) is 56.1. The van der Waals surface area contributed by atoms with Crippen LogP contribution in [0.3, 0.4) is 0 Å². The Labute approximate surface area is 575 Å². The number of para-hydroxylation sites is 2. The topological polar surface area (TPSA) is 6.48 Å². The summed E-state index contributed by atoms with van der Waals surface area (Å²) < 4.78 is 0. The second-order valence-electron chi connectivity index (χ2n) is 27.3. The van der Waals surface area contributed by atoms with Gasteiger partial charge in [0.1, 0.15) is 0 Å². The third-order valence-electron chi connectivity index (χ3n) is 21.3. The van der Waals surface area contributed by atoms with E-state index in [1.165, 1.54) is 188 Å². The largest absolute Gasteiger partial charge is 0.311 e. The van der Waals surface area contributed by atoms with E-state index in [0.29, 0.717) is 0 Å². The summed E-state index contributed by atoms with van der Waals surface area (Å²) in [6.07, 6.45) is 0. The van der Waals surface area contributed by atoms with E-state index in [-0.39, 0.29) is 13.4 Å². The van der Waals surface area contributed by atoms with Crippen LogP contribution in [0.1, 0.15) is 33.4 Å². The third-order valence-corrected chi connectivity index (χ3v) is 21.3. The molecule has 18 rings (SSSR count). The first kappa shape index (κ1) is 58.8. The van der Waals surface area contributed by atoms with E-state index in [1.54, 1.807) is 0 Å². The molecule has 2 aliphatic heterocycles. The average Bonchev–Trinajstić information content (AvgIpc) is 0.673. The number of anilines is 6. The number of hydrogen-bond donors (Lipinski definition) is 0. The first-order chi connectivity index (χ1) is 48.2. The predicted octanol–water partition coefficient (Wildman–Crippen LogP) is 21.0. The fraction of sp³-hybridized carbons (Fsp3) is 0.0638. The van der Waals surface area contributed by atoms with Gasteiger partial charge in [-0.15, -0.1) is 0 Å². The van der Waals surface area contributed by atoms with Gasteiger partial charge in [-0.25, -0.2) is 0 Å². The van der Waals surface area contributed by atoms with E-state index < -0.39 is 0 Å². The van der Waals surface area contributed by atoms with Gasteiger partial charge in [0.05, 0.1) is 0 Å². The van der Waals surface area contributed by atoms with Crippen LogP contribution in [0, 0.1) is 41.5 Å². The molecule has 2 aliphatic rings. The fourth-order valence-corrected chi connectivity index (χ4v) is 17.7. The minimum Gasteiger partial charge on any atom is -0.311 e. The van der Waals surface area contributed by atoms with E-state index in [1.807, 2.05) is 0 Å². The third kappa shape index (κ3) is 9.33. The summed E-state index contributed by atoms with van der Waals surface area (Å²) in [4.78, 5) is 5.31. The quantitative estimate of drug-likeness (QED) is 0.0995. The molecular formula is C94H70B2N2. The lowest BCUT2D eigenvalue weighted by Gasteiger charge is -2.42. The summed E-state index contributed by atoms with van der Waals surface area (Å²) in [5.74, 6) is 0. The summed E-state index contributed by atoms with van der Waals surface area (Å²) in [6, 6.07) is 120. The summed E-state index contributed by atoms with van der Waals surface area (Å²) in [5.41, 5.74) is 36.8. The average molecular weight is 1250 g/mol. The van der Waals surface area contributed by atoms with Gasteiger partial charge in [0.2, 0.25) is 13.4 Å². The highest BCUT2D eigenvalue weighted by Gasteiger charge is 2.45. The Morgan fingerprint density at radius 3 is 0.918 bits per heavy atom. The van der Waals surface area contributed by atoms with Crippen molar-refractivity contribution in [3.05, 3.63) is 349 Å². The lowest BCUT2D eigenvalue weighted by molar-refractivity contribution is 1.30. The van der Waals surface area contributed by atoms with E-state index in [9.17, 15) is 0 Å². The minimum atomic E-state index is -0.164. The Kier molecular flexibility index (Phi) is 14.2. The molecule has 2 nitrogen and oxygen atoms in total. The Morgan fingerprint density at radius 1 is 0.235 bits per heavy atom. The molecule has 0 unspecified atom stereocenters. The highest BCUT2D eigenvalue weighted by Crippen LogP contribution is 2.55. The van der Waals surface area contributed by atoms with E-state index in [0.717, 1.165) is 11.4 Å². The molecule has 4 heteroatoms. The Hall–Kier alpha value is -11.7. The first-order valence-electron chi connectivity index (χ1n) is 34.5. The highest BCUT2D eigenvalue weighted by atomic mass is 15.2. The number of benzene rings is 16. The van der Waals surface area contributed by atoms with Crippen LogP contribution in [0.4, 0.5) is 34.1 Å². The molecule has 0 spiro atoms. The molecule has 16 aromatic rings. The molecule has 2 heterocycles. The second kappa shape index (κ2) is 23.6. The van der Waals surface area contributed by atoms with Crippen molar-refractivity contribution in [3.8, 4) is 66.8 Å². The first-order valence-corrected chi connectivity index (χ1v) is 34.5. The highest BCUT2D eigenvalue weighted by molar-refractivity contribution is 7.00. The van der Waals surface area contributed by atoms with Crippen LogP contribution >= 0.6 is 0 Å². The number of fused-ring (bicyclic) bond motifs is 6. The lowest BCUT2D eigenvalue weighted by atomic mass is 9.32. The van der Waals surface area contributed by atoms with Crippen LogP contribution in [-0.4, -0.2) is 13.4 Å². The van der Waals surface area contributed by atoms with Gasteiger partial charge >= 0.3 is 0 Å². The maximum atomic E-state index is 2.66. The molecule has 0 saturated heterocycles. The smallest absolute Gasteiger partial charge is 0.248 e. The maximum Gasteiger partial charge on any atom is 0.248 e. The van der Waals surface area contributed by atoms with Crippen molar-refractivity contribution in [1.82, 2.24) is 0 Å². The molecule has 0 atom stereocenters. The molecule has 0 amide bonds. The SMILES string of the molecule is Cc1cc(C)c(B2c3ccccc3N(c3cccc(-c4ccccc4)c3)c3c2c(-c2ccccc2-c2ccccc2)c2ccc4c5c(c(-c6ccccc6-c6ccccc6)c6ccc3c2c64)B(c2c(C)cc(C)cc2C)c2ccccc2N5c2cccc(-c3ccccc3)c2)c(C)c1. The molecule has 0 aliphatic carbocycles. The van der Waals surface area contributed by atoms with Crippen LogP contribution in [0.15, 0.2) is 315 Å². The van der Waals surface area contributed by atoms with Crippen LogP contribution in [0.2, 0.25) is 0 Å². The van der Waals surface area contributed by atoms with Crippen LogP contribution in [-0.2, 0) is 0 Å².